The lowest BCUT2D eigenvalue weighted by Crippen LogP contribution is -2.38. The molecular formula is C11H20BrNO. The minimum atomic E-state index is 0.206. The van der Waals surface area contributed by atoms with Gasteiger partial charge in [0, 0.05) is 24.8 Å². The lowest BCUT2D eigenvalue weighted by molar-refractivity contribution is -0.136. The lowest BCUT2D eigenvalue weighted by Gasteiger charge is -2.29. The van der Waals surface area contributed by atoms with Gasteiger partial charge in [-0.1, -0.05) is 36.2 Å². The molecule has 0 saturated heterocycles. The van der Waals surface area contributed by atoms with Gasteiger partial charge in [0.2, 0.25) is 5.91 Å². The van der Waals surface area contributed by atoms with Crippen LogP contribution in [0.2, 0.25) is 0 Å². The Bertz CT molecular complexity index is 215. The fraction of sp³-hybridized carbons (Fsp3) is 0.909. The van der Waals surface area contributed by atoms with Gasteiger partial charge in [0.25, 0.3) is 0 Å². The molecule has 1 unspecified atom stereocenters. The zero-order valence-corrected chi connectivity index (χ0v) is 10.9. The highest BCUT2D eigenvalue weighted by Crippen LogP contribution is 2.43. The summed E-state index contributed by atoms with van der Waals surface area (Å²) in [4.78, 5) is 13.9. The molecule has 82 valence electrons. The van der Waals surface area contributed by atoms with Crippen molar-refractivity contribution in [3.63, 3.8) is 0 Å². The minimum Gasteiger partial charge on any atom is -0.345 e. The number of carbonyl (C=O) groups excluding carboxylic acids is 1. The normalized spacial score (nSPS) is 25.0. The Hall–Kier alpha value is -0.0500. The second-order valence-electron chi connectivity index (χ2n) is 4.88. The number of carbonyl (C=O) groups is 1. The molecular weight excluding hydrogens is 242 g/mol. The van der Waals surface area contributed by atoms with Gasteiger partial charge in [0.15, 0.2) is 0 Å². The largest absolute Gasteiger partial charge is 0.345 e. The molecule has 0 bridgehead atoms. The summed E-state index contributed by atoms with van der Waals surface area (Å²) in [6, 6.07) is 0. The number of alkyl halides is 1. The third-order valence-corrected chi connectivity index (χ3v) is 3.71. The number of rotatable bonds is 3. The van der Waals surface area contributed by atoms with Gasteiger partial charge in [-0.05, 0) is 18.3 Å². The second kappa shape index (κ2) is 4.65. The van der Waals surface area contributed by atoms with E-state index < -0.39 is 0 Å². The van der Waals surface area contributed by atoms with Crippen LogP contribution in [0.15, 0.2) is 0 Å². The van der Waals surface area contributed by atoms with Gasteiger partial charge in [-0.25, -0.2) is 0 Å². The number of amides is 1. The molecule has 0 aromatic carbocycles. The molecule has 0 N–H and O–H groups in total. The van der Waals surface area contributed by atoms with Gasteiger partial charge in [-0.3, -0.25) is 4.79 Å². The maximum atomic E-state index is 12.1. The molecule has 2 nitrogen and oxygen atoms in total. The maximum absolute atomic E-state index is 12.1. The van der Waals surface area contributed by atoms with Gasteiger partial charge in [0.05, 0.1) is 0 Å². The van der Waals surface area contributed by atoms with Crippen LogP contribution in [0.5, 0.6) is 0 Å². The first-order valence-electron chi connectivity index (χ1n) is 5.30. The van der Waals surface area contributed by atoms with E-state index in [4.69, 9.17) is 0 Å². The van der Waals surface area contributed by atoms with E-state index in [1.54, 1.807) is 0 Å². The van der Waals surface area contributed by atoms with E-state index in [0.717, 1.165) is 18.3 Å². The Morgan fingerprint density at radius 3 is 2.64 bits per heavy atom. The first-order chi connectivity index (χ1) is 6.49. The zero-order valence-electron chi connectivity index (χ0n) is 9.35. The van der Waals surface area contributed by atoms with Crippen molar-refractivity contribution in [2.45, 2.75) is 33.1 Å². The molecule has 1 amide bonds. The molecule has 1 aliphatic carbocycles. The molecule has 1 fully saturated rings. The molecule has 1 saturated carbocycles. The van der Waals surface area contributed by atoms with E-state index in [0.29, 0.717) is 5.91 Å². The van der Waals surface area contributed by atoms with Crippen LogP contribution in [-0.4, -0.2) is 29.7 Å². The van der Waals surface area contributed by atoms with E-state index in [9.17, 15) is 4.79 Å². The molecule has 0 aromatic heterocycles. The Balaban J connectivity index is 2.60. The second-order valence-corrected chi connectivity index (χ2v) is 5.68. The predicted molar refractivity (Wildman–Crippen MR) is 62.6 cm³/mol. The highest BCUT2D eigenvalue weighted by Gasteiger charge is 2.40. The van der Waals surface area contributed by atoms with Gasteiger partial charge < -0.3 is 4.90 Å². The summed E-state index contributed by atoms with van der Waals surface area (Å²) in [5.41, 5.74) is 0.206. The van der Waals surface area contributed by atoms with Crippen LogP contribution < -0.4 is 0 Å². The van der Waals surface area contributed by atoms with Crippen LogP contribution >= 0.6 is 15.9 Å². The third-order valence-electron chi connectivity index (χ3n) is 3.35. The van der Waals surface area contributed by atoms with Crippen molar-refractivity contribution in [3.8, 4) is 0 Å². The molecule has 1 atom stereocenters. The van der Waals surface area contributed by atoms with E-state index in [-0.39, 0.29) is 11.3 Å². The average Bonchev–Trinajstić information content (AvgIpc) is 2.44. The first kappa shape index (κ1) is 12.0. The van der Waals surface area contributed by atoms with Crippen LogP contribution in [0.3, 0.4) is 0 Å². The predicted octanol–water partition coefficient (Wildman–Crippen LogP) is 2.67. The van der Waals surface area contributed by atoms with Crippen molar-refractivity contribution in [1.29, 1.82) is 0 Å². The molecule has 0 aromatic rings. The molecule has 0 heterocycles. The summed E-state index contributed by atoms with van der Waals surface area (Å²) in [6.07, 6.45) is 3.45. The quantitative estimate of drug-likeness (QED) is 0.716. The summed E-state index contributed by atoms with van der Waals surface area (Å²) >= 11 is 3.36. The first-order valence-corrected chi connectivity index (χ1v) is 6.42. The molecule has 14 heavy (non-hydrogen) atoms. The Morgan fingerprint density at radius 1 is 1.57 bits per heavy atom. The van der Waals surface area contributed by atoms with Crippen molar-refractivity contribution in [2.24, 2.45) is 11.3 Å². The van der Waals surface area contributed by atoms with Crippen LogP contribution in [0.1, 0.15) is 33.1 Å². The fourth-order valence-electron chi connectivity index (χ4n) is 2.29. The zero-order chi connectivity index (χ0) is 10.8. The Morgan fingerprint density at radius 2 is 2.21 bits per heavy atom. The van der Waals surface area contributed by atoms with Crippen LogP contribution in [0.25, 0.3) is 0 Å². The lowest BCUT2D eigenvalue weighted by atomic mass is 9.81. The van der Waals surface area contributed by atoms with Crippen molar-refractivity contribution in [1.82, 2.24) is 4.90 Å². The highest BCUT2D eigenvalue weighted by atomic mass is 79.9. The third kappa shape index (κ3) is 2.50. The summed E-state index contributed by atoms with van der Waals surface area (Å²) in [7, 11) is 1.90. The fourth-order valence-corrected chi connectivity index (χ4v) is 2.82. The van der Waals surface area contributed by atoms with E-state index in [1.807, 2.05) is 11.9 Å². The Labute approximate surface area is 95.2 Å². The van der Waals surface area contributed by atoms with Crippen LogP contribution in [0, 0.1) is 11.3 Å². The molecule has 1 rings (SSSR count). The number of hydrogen-bond donors (Lipinski definition) is 0. The van der Waals surface area contributed by atoms with Crippen molar-refractivity contribution in [2.75, 3.05) is 18.9 Å². The number of halogens is 1. The summed E-state index contributed by atoms with van der Waals surface area (Å²) in [5, 5.41) is 0.863. The summed E-state index contributed by atoms with van der Waals surface area (Å²) in [5.74, 6) is 0.568. The van der Waals surface area contributed by atoms with Crippen molar-refractivity contribution >= 4 is 21.8 Å². The average molecular weight is 262 g/mol. The van der Waals surface area contributed by atoms with Gasteiger partial charge >= 0.3 is 0 Å². The summed E-state index contributed by atoms with van der Waals surface area (Å²) < 4.78 is 0. The molecule has 0 spiro atoms. The Kier molecular flexibility index (Phi) is 3.99. The monoisotopic (exact) mass is 261 g/mol. The van der Waals surface area contributed by atoms with Gasteiger partial charge in [0.1, 0.15) is 0 Å². The van der Waals surface area contributed by atoms with E-state index >= 15 is 0 Å². The molecule has 0 radical (unpaired) electrons. The van der Waals surface area contributed by atoms with Gasteiger partial charge in [-0.2, -0.15) is 0 Å². The van der Waals surface area contributed by atoms with Crippen LogP contribution in [-0.2, 0) is 4.79 Å². The van der Waals surface area contributed by atoms with Crippen molar-refractivity contribution < 1.29 is 4.79 Å². The van der Waals surface area contributed by atoms with Crippen molar-refractivity contribution in [3.05, 3.63) is 0 Å². The van der Waals surface area contributed by atoms with Crippen LogP contribution in [0.4, 0.5) is 0 Å². The minimum absolute atomic E-state index is 0.206. The number of hydrogen-bond acceptors (Lipinski definition) is 1. The van der Waals surface area contributed by atoms with E-state index in [1.165, 1.54) is 12.8 Å². The maximum Gasteiger partial charge on any atom is 0.225 e. The number of nitrogens with zero attached hydrogens (tertiary/aromatic N) is 1. The SMILES string of the molecule is CN(CCBr)C(=O)C1CCCC1(C)C. The molecule has 3 heteroatoms. The topological polar surface area (TPSA) is 20.3 Å². The highest BCUT2D eigenvalue weighted by molar-refractivity contribution is 9.09. The smallest absolute Gasteiger partial charge is 0.225 e. The van der Waals surface area contributed by atoms with E-state index in [2.05, 4.69) is 29.8 Å². The van der Waals surface area contributed by atoms with Gasteiger partial charge in [-0.15, -0.1) is 0 Å². The molecule has 1 aliphatic rings. The standard InChI is InChI=1S/C11H20BrNO/c1-11(2)6-4-5-9(11)10(14)13(3)8-7-12/h9H,4-8H2,1-3H3. The molecule has 0 aliphatic heterocycles. The summed E-state index contributed by atoms with van der Waals surface area (Å²) in [6.45, 7) is 5.24.